The summed E-state index contributed by atoms with van der Waals surface area (Å²) in [4.78, 5) is 14.1. The second-order valence-corrected chi connectivity index (χ2v) is 14.1. The molecule has 4 aromatic carbocycles. The van der Waals surface area contributed by atoms with E-state index in [0.29, 0.717) is 23.7 Å². The average molecular weight is 652 g/mol. The van der Waals surface area contributed by atoms with Crippen LogP contribution in [0.15, 0.2) is 88.9 Å². The first-order valence-electron chi connectivity index (χ1n) is 16.4. The number of tetrazole rings is 1. The molecule has 5 rings (SSSR count). The van der Waals surface area contributed by atoms with Crippen molar-refractivity contribution in [2.45, 2.75) is 88.1 Å². The highest BCUT2D eigenvalue weighted by Crippen LogP contribution is 2.40. The number of fused-ring (bicyclic) bond motifs is 1. The Morgan fingerprint density at radius 3 is 2.32 bits per heavy atom. The van der Waals surface area contributed by atoms with Crippen LogP contribution in [-0.4, -0.2) is 44.4 Å². The number of amides is 1. The molecule has 8 nitrogen and oxygen atoms in total. The summed E-state index contributed by atoms with van der Waals surface area (Å²) in [6, 6.07) is 25.5. The standard InChI is InChI=1S/C38H45N5O3S/c1-7-37(3,4)26-20-21-32(31(24-26)38(5,6)8-2)46-23-15-14-22-39-35(45)30-25-33(28-18-12-13-19-29(28)34(30)44)47-36-40-41-42-43(36)27-16-10-9-11-17-27/h9-13,16-21,24-25,44H,7-8,14-15,22-23H2,1-6H3,(H,39,45). The Balaban J connectivity index is 1.24. The molecule has 0 fully saturated rings. The largest absolute Gasteiger partial charge is 0.506 e. The Bertz CT molecular complexity index is 1830. The van der Waals surface area contributed by atoms with E-state index in [1.807, 2.05) is 54.6 Å². The van der Waals surface area contributed by atoms with Crippen LogP contribution in [0, 0.1) is 0 Å². The second-order valence-electron chi connectivity index (χ2n) is 13.1. The zero-order chi connectivity index (χ0) is 33.6. The summed E-state index contributed by atoms with van der Waals surface area (Å²) in [7, 11) is 0. The highest BCUT2D eigenvalue weighted by molar-refractivity contribution is 7.99. The number of hydrogen-bond acceptors (Lipinski definition) is 7. The number of carbonyl (C=O) groups excluding carboxylic acids is 1. The van der Waals surface area contributed by atoms with Crippen LogP contribution in [0.2, 0.25) is 0 Å². The maximum Gasteiger partial charge on any atom is 0.255 e. The number of nitrogens with one attached hydrogen (secondary N) is 1. The van der Waals surface area contributed by atoms with E-state index in [9.17, 15) is 9.90 Å². The van der Waals surface area contributed by atoms with Gasteiger partial charge in [0.1, 0.15) is 11.5 Å². The Kier molecular flexibility index (Phi) is 10.5. The number of nitrogens with zero attached hydrogens (tertiary/aromatic N) is 4. The van der Waals surface area contributed by atoms with E-state index in [0.717, 1.165) is 47.4 Å². The number of hydrogen-bond donors (Lipinski definition) is 2. The summed E-state index contributed by atoms with van der Waals surface area (Å²) in [5, 5.41) is 28.3. The minimum Gasteiger partial charge on any atom is -0.506 e. The molecule has 0 aliphatic carbocycles. The molecule has 1 heterocycles. The van der Waals surface area contributed by atoms with Crippen molar-refractivity contribution in [3.63, 3.8) is 0 Å². The quantitative estimate of drug-likeness (QED) is 0.116. The Morgan fingerprint density at radius 2 is 1.60 bits per heavy atom. The zero-order valence-corrected chi connectivity index (χ0v) is 29.0. The van der Waals surface area contributed by atoms with Crippen LogP contribution in [-0.2, 0) is 10.8 Å². The summed E-state index contributed by atoms with van der Waals surface area (Å²) >= 11 is 1.35. The minimum absolute atomic E-state index is 0.00410. The van der Waals surface area contributed by atoms with E-state index in [-0.39, 0.29) is 28.1 Å². The Labute approximate surface area is 281 Å². The molecule has 1 amide bonds. The van der Waals surface area contributed by atoms with Crippen molar-refractivity contribution < 1.29 is 14.6 Å². The highest BCUT2D eigenvalue weighted by Gasteiger charge is 2.27. The molecular weight excluding hydrogens is 607 g/mol. The van der Waals surface area contributed by atoms with Crippen LogP contribution in [0.25, 0.3) is 16.5 Å². The SMILES string of the molecule is CCC(C)(C)c1ccc(OCCCCNC(=O)c2cc(Sc3nnnn3-c3ccccc3)c3ccccc3c2O)c(C(C)(C)CC)c1. The number of aromatic nitrogens is 4. The molecule has 0 saturated heterocycles. The molecule has 0 spiro atoms. The zero-order valence-electron chi connectivity index (χ0n) is 28.2. The number of aromatic hydroxyl groups is 1. The van der Waals surface area contributed by atoms with Gasteiger partial charge in [-0.25, -0.2) is 0 Å². The molecule has 0 aliphatic rings. The first kappa shape index (κ1) is 34.0. The molecule has 2 N–H and O–H groups in total. The van der Waals surface area contributed by atoms with Crippen molar-refractivity contribution in [1.29, 1.82) is 0 Å². The molecule has 0 aliphatic heterocycles. The van der Waals surface area contributed by atoms with E-state index < -0.39 is 0 Å². The summed E-state index contributed by atoms with van der Waals surface area (Å²) < 4.78 is 7.97. The van der Waals surface area contributed by atoms with Gasteiger partial charge >= 0.3 is 0 Å². The van der Waals surface area contributed by atoms with Crippen molar-refractivity contribution in [3.8, 4) is 17.2 Å². The summed E-state index contributed by atoms with van der Waals surface area (Å²) in [6.07, 6.45) is 3.59. The fourth-order valence-corrected chi connectivity index (χ4v) is 6.33. The average Bonchev–Trinajstić information content (AvgIpc) is 3.56. The van der Waals surface area contributed by atoms with E-state index in [1.165, 1.54) is 22.9 Å². The predicted octanol–water partition coefficient (Wildman–Crippen LogP) is 8.64. The van der Waals surface area contributed by atoms with Crippen LogP contribution in [0.3, 0.4) is 0 Å². The first-order chi connectivity index (χ1) is 22.6. The van der Waals surface area contributed by atoms with Crippen LogP contribution in [0.4, 0.5) is 0 Å². The van der Waals surface area contributed by atoms with Gasteiger partial charge in [-0.15, -0.1) is 5.10 Å². The normalized spacial score (nSPS) is 12.0. The Hall–Kier alpha value is -4.37. The summed E-state index contributed by atoms with van der Waals surface area (Å²) in [5.41, 5.74) is 3.71. The second kappa shape index (κ2) is 14.6. The van der Waals surface area contributed by atoms with Crippen molar-refractivity contribution >= 4 is 28.4 Å². The van der Waals surface area contributed by atoms with Gasteiger partial charge in [0.2, 0.25) is 5.16 Å². The van der Waals surface area contributed by atoms with Crippen LogP contribution < -0.4 is 10.1 Å². The fraction of sp³-hybridized carbons (Fsp3) is 0.368. The number of unbranched alkanes of at least 4 members (excludes halogenated alkanes) is 1. The van der Waals surface area contributed by atoms with Gasteiger partial charge in [0.05, 0.1) is 17.9 Å². The maximum absolute atomic E-state index is 13.4. The van der Waals surface area contributed by atoms with Gasteiger partial charge in [0.25, 0.3) is 5.91 Å². The summed E-state index contributed by atoms with van der Waals surface area (Å²) in [6.45, 7) is 14.6. The fourth-order valence-electron chi connectivity index (χ4n) is 5.36. The first-order valence-corrected chi connectivity index (χ1v) is 17.2. The molecule has 1 aromatic heterocycles. The number of ether oxygens (including phenoxy) is 1. The number of benzene rings is 4. The molecule has 5 aromatic rings. The predicted molar refractivity (Wildman–Crippen MR) is 189 cm³/mol. The van der Waals surface area contributed by atoms with Crippen molar-refractivity contribution in [2.24, 2.45) is 0 Å². The minimum atomic E-state index is -0.334. The molecular formula is C38H45N5O3S. The van der Waals surface area contributed by atoms with Gasteiger partial charge in [0.15, 0.2) is 0 Å². The van der Waals surface area contributed by atoms with Gasteiger partial charge in [-0.1, -0.05) is 96.1 Å². The molecule has 47 heavy (non-hydrogen) atoms. The smallest absolute Gasteiger partial charge is 0.255 e. The number of para-hydroxylation sites is 1. The lowest BCUT2D eigenvalue weighted by atomic mass is 9.76. The number of carbonyl (C=O) groups is 1. The van der Waals surface area contributed by atoms with E-state index in [1.54, 1.807) is 10.7 Å². The van der Waals surface area contributed by atoms with Crippen molar-refractivity contribution in [2.75, 3.05) is 13.2 Å². The van der Waals surface area contributed by atoms with Gasteiger partial charge in [-0.2, -0.15) is 4.68 Å². The summed E-state index contributed by atoms with van der Waals surface area (Å²) in [5.74, 6) is 0.551. The third-order valence-electron chi connectivity index (χ3n) is 9.24. The lowest BCUT2D eigenvalue weighted by Crippen LogP contribution is -2.25. The number of rotatable bonds is 14. The monoisotopic (exact) mass is 651 g/mol. The van der Waals surface area contributed by atoms with Crippen LogP contribution in [0.5, 0.6) is 11.5 Å². The van der Waals surface area contributed by atoms with Gasteiger partial charge in [-0.3, -0.25) is 4.79 Å². The molecule has 246 valence electrons. The van der Waals surface area contributed by atoms with Gasteiger partial charge < -0.3 is 15.2 Å². The van der Waals surface area contributed by atoms with Crippen LogP contribution in [0.1, 0.15) is 88.7 Å². The molecule has 0 bridgehead atoms. The van der Waals surface area contributed by atoms with Crippen molar-refractivity contribution in [3.05, 3.63) is 95.6 Å². The molecule has 0 unspecified atom stereocenters. The Morgan fingerprint density at radius 1 is 0.894 bits per heavy atom. The molecule has 0 saturated carbocycles. The third-order valence-corrected chi connectivity index (χ3v) is 10.2. The topological polar surface area (TPSA) is 102 Å². The van der Waals surface area contributed by atoms with E-state index >= 15 is 0 Å². The third kappa shape index (κ3) is 7.62. The van der Waals surface area contributed by atoms with E-state index in [4.69, 9.17) is 4.74 Å². The van der Waals surface area contributed by atoms with Crippen LogP contribution >= 0.6 is 11.8 Å². The number of phenolic OH excluding ortho intramolecular Hbond substituents is 1. The van der Waals surface area contributed by atoms with Gasteiger partial charge in [0, 0.05) is 22.4 Å². The molecule has 9 heteroatoms. The maximum atomic E-state index is 13.4. The van der Waals surface area contributed by atoms with E-state index in [2.05, 4.69) is 80.6 Å². The number of phenols is 1. The molecule has 0 atom stereocenters. The lowest BCUT2D eigenvalue weighted by Gasteiger charge is -2.30. The van der Waals surface area contributed by atoms with Crippen molar-refractivity contribution in [1.82, 2.24) is 25.5 Å². The van der Waals surface area contributed by atoms with Gasteiger partial charge in [-0.05, 0) is 93.9 Å². The molecule has 0 radical (unpaired) electrons. The lowest BCUT2D eigenvalue weighted by molar-refractivity contribution is 0.0949. The highest BCUT2D eigenvalue weighted by atomic mass is 32.2.